The summed E-state index contributed by atoms with van der Waals surface area (Å²) in [5, 5.41) is 0. The lowest BCUT2D eigenvalue weighted by Gasteiger charge is -2.33. The fraction of sp³-hybridized carbons (Fsp3) is 0.400. The average molecular weight is 453 g/mol. The van der Waals surface area contributed by atoms with Crippen molar-refractivity contribution in [2.24, 2.45) is 5.92 Å². The molecule has 3 aliphatic rings. The Morgan fingerprint density at radius 3 is 2.59 bits per heavy atom. The summed E-state index contributed by atoms with van der Waals surface area (Å²) in [6.07, 6.45) is 10.8. The third kappa shape index (κ3) is 4.45. The van der Waals surface area contributed by atoms with Crippen LogP contribution in [-0.4, -0.2) is 50.4 Å². The summed E-state index contributed by atoms with van der Waals surface area (Å²) in [5.74, 6) is 2.34. The first-order chi connectivity index (χ1) is 15.5. The second-order valence-electron chi connectivity index (χ2n) is 8.73. The molecule has 168 valence electrons. The number of aromatic nitrogens is 1. The summed E-state index contributed by atoms with van der Waals surface area (Å²) in [7, 11) is -3.19. The van der Waals surface area contributed by atoms with Gasteiger partial charge in [0.25, 0.3) is 0 Å². The Kier molecular flexibility index (Phi) is 5.78. The highest BCUT2D eigenvalue weighted by molar-refractivity contribution is 7.90. The predicted molar refractivity (Wildman–Crippen MR) is 122 cm³/mol. The number of benzene rings is 1. The van der Waals surface area contributed by atoms with E-state index in [2.05, 4.69) is 29.2 Å². The van der Waals surface area contributed by atoms with E-state index in [-0.39, 0.29) is 0 Å². The van der Waals surface area contributed by atoms with Gasteiger partial charge in [0.2, 0.25) is 0 Å². The smallest absolute Gasteiger partial charge is 0.175 e. The van der Waals surface area contributed by atoms with Crippen molar-refractivity contribution in [2.45, 2.75) is 36.7 Å². The molecular weight excluding hydrogens is 424 g/mol. The van der Waals surface area contributed by atoms with Gasteiger partial charge in [0.05, 0.1) is 10.6 Å². The summed E-state index contributed by atoms with van der Waals surface area (Å²) < 4.78 is 34.9. The number of allylic oxidation sites excluding steroid dienone is 2. The molecule has 7 heteroatoms. The van der Waals surface area contributed by atoms with Crippen LogP contribution >= 0.6 is 0 Å². The molecule has 2 aliphatic heterocycles. The summed E-state index contributed by atoms with van der Waals surface area (Å²) in [6.45, 7) is 3.17. The maximum Gasteiger partial charge on any atom is 0.175 e. The highest BCUT2D eigenvalue weighted by atomic mass is 32.2. The molecular formula is C25H28N2O4S. The van der Waals surface area contributed by atoms with Crippen LogP contribution in [0.1, 0.15) is 25.0 Å². The van der Waals surface area contributed by atoms with Crippen LogP contribution in [0, 0.1) is 5.92 Å². The molecule has 1 aromatic carbocycles. The molecule has 1 unspecified atom stereocenters. The van der Waals surface area contributed by atoms with Crippen LogP contribution < -0.4 is 0 Å². The Hall–Kier alpha value is -2.64. The second-order valence-corrected chi connectivity index (χ2v) is 10.7. The van der Waals surface area contributed by atoms with E-state index in [0.29, 0.717) is 30.1 Å². The number of ether oxygens (including phenoxy) is 2. The largest absolute Gasteiger partial charge is 0.490 e. The van der Waals surface area contributed by atoms with Gasteiger partial charge in [-0.25, -0.2) is 8.42 Å². The van der Waals surface area contributed by atoms with Crippen molar-refractivity contribution < 1.29 is 17.9 Å². The van der Waals surface area contributed by atoms with E-state index < -0.39 is 9.84 Å². The number of sulfone groups is 1. The lowest BCUT2D eigenvalue weighted by molar-refractivity contribution is 0.0542. The highest BCUT2D eigenvalue weighted by Gasteiger charge is 2.34. The normalized spacial score (nSPS) is 23.5. The lowest BCUT2D eigenvalue weighted by Crippen LogP contribution is -2.36. The monoisotopic (exact) mass is 452 g/mol. The topological polar surface area (TPSA) is 68.7 Å². The first-order valence-corrected chi connectivity index (χ1v) is 13.0. The molecule has 1 saturated heterocycles. The van der Waals surface area contributed by atoms with Gasteiger partial charge in [-0.2, -0.15) is 0 Å². The quantitative estimate of drug-likeness (QED) is 0.684. The third-order valence-electron chi connectivity index (χ3n) is 6.52. The molecule has 0 spiro atoms. The van der Waals surface area contributed by atoms with Gasteiger partial charge in [0.1, 0.15) is 19.0 Å². The fourth-order valence-corrected chi connectivity index (χ4v) is 5.48. The molecule has 32 heavy (non-hydrogen) atoms. The van der Waals surface area contributed by atoms with Crippen LogP contribution in [-0.2, 0) is 25.9 Å². The fourth-order valence-electron chi connectivity index (χ4n) is 4.85. The minimum atomic E-state index is -3.19. The van der Waals surface area contributed by atoms with Crippen molar-refractivity contribution in [3.05, 3.63) is 72.0 Å². The van der Waals surface area contributed by atoms with Gasteiger partial charge in [-0.15, -0.1) is 0 Å². The zero-order valence-corrected chi connectivity index (χ0v) is 19.1. The number of nitrogens with zero attached hydrogens (tertiary/aromatic N) is 2. The Labute approximate surface area is 189 Å². The van der Waals surface area contributed by atoms with Crippen molar-refractivity contribution in [3.63, 3.8) is 0 Å². The minimum absolute atomic E-state index is 0.329. The van der Waals surface area contributed by atoms with Crippen LogP contribution in [0.5, 0.6) is 0 Å². The molecule has 1 aliphatic carbocycles. The molecule has 1 fully saturated rings. The van der Waals surface area contributed by atoms with Crippen molar-refractivity contribution in [3.8, 4) is 11.1 Å². The molecule has 1 aromatic heterocycles. The van der Waals surface area contributed by atoms with Crippen molar-refractivity contribution in [1.29, 1.82) is 0 Å². The van der Waals surface area contributed by atoms with Crippen LogP contribution in [0.4, 0.5) is 0 Å². The molecule has 0 N–H and O–H groups in total. The van der Waals surface area contributed by atoms with E-state index in [4.69, 9.17) is 14.5 Å². The summed E-state index contributed by atoms with van der Waals surface area (Å²) in [5.41, 5.74) is 2.99. The van der Waals surface area contributed by atoms with Crippen LogP contribution in [0.3, 0.4) is 0 Å². The standard InChI is InChI=1S/C25H28N2O4S/c1-32(28,29)22-9-5-18(6-10-22)20-4-8-21(26-16-20)17-27-12-2-3-23(27)19-7-11-24-25(15-19)31-14-13-30-24/h4-11,16,19,23H,2-3,12-15,17H2,1H3/t19?,23-/m1/s1. The van der Waals surface area contributed by atoms with Gasteiger partial charge < -0.3 is 9.47 Å². The molecule has 5 rings (SSSR count). The number of hydrogen-bond acceptors (Lipinski definition) is 6. The Morgan fingerprint density at radius 1 is 1.06 bits per heavy atom. The molecule has 0 bridgehead atoms. The number of rotatable bonds is 5. The summed E-state index contributed by atoms with van der Waals surface area (Å²) >= 11 is 0. The minimum Gasteiger partial charge on any atom is -0.490 e. The second kappa shape index (κ2) is 8.71. The first kappa shape index (κ1) is 21.2. The van der Waals surface area contributed by atoms with Gasteiger partial charge in [-0.1, -0.05) is 24.3 Å². The molecule has 2 aromatic rings. The van der Waals surface area contributed by atoms with E-state index in [9.17, 15) is 8.42 Å². The third-order valence-corrected chi connectivity index (χ3v) is 7.65. The molecule has 2 atom stereocenters. The number of hydrogen-bond donors (Lipinski definition) is 0. The lowest BCUT2D eigenvalue weighted by atomic mass is 9.89. The van der Waals surface area contributed by atoms with Crippen LogP contribution in [0.15, 0.2) is 71.2 Å². The van der Waals surface area contributed by atoms with Crippen LogP contribution in [0.25, 0.3) is 11.1 Å². The Balaban J connectivity index is 1.25. The first-order valence-electron chi connectivity index (χ1n) is 11.1. The maximum atomic E-state index is 11.7. The van der Waals surface area contributed by atoms with Gasteiger partial charge in [0, 0.05) is 37.0 Å². The molecule has 0 saturated carbocycles. The van der Waals surface area contributed by atoms with Crippen LogP contribution in [0.2, 0.25) is 0 Å². The predicted octanol–water partition coefficient (Wildman–Crippen LogP) is 3.95. The Bertz CT molecular complexity index is 1140. The molecule has 0 radical (unpaired) electrons. The van der Waals surface area contributed by atoms with E-state index in [0.717, 1.165) is 47.8 Å². The summed E-state index contributed by atoms with van der Waals surface area (Å²) in [4.78, 5) is 7.57. The Morgan fingerprint density at radius 2 is 1.84 bits per heavy atom. The van der Waals surface area contributed by atoms with E-state index in [1.165, 1.54) is 19.1 Å². The van der Waals surface area contributed by atoms with Gasteiger partial charge >= 0.3 is 0 Å². The average Bonchev–Trinajstić information content (AvgIpc) is 3.27. The maximum absolute atomic E-state index is 11.7. The van der Waals surface area contributed by atoms with Gasteiger partial charge in [0.15, 0.2) is 15.6 Å². The zero-order valence-electron chi connectivity index (χ0n) is 18.2. The molecule has 0 amide bonds. The number of pyridine rings is 1. The van der Waals surface area contributed by atoms with E-state index in [1.54, 1.807) is 12.1 Å². The van der Waals surface area contributed by atoms with E-state index >= 15 is 0 Å². The zero-order chi connectivity index (χ0) is 22.1. The number of likely N-dealkylation sites (tertiary alicyclic amines) is 1. The SMILES string of the molecule is CS(=O)(=O)c1ccc(-c2ccc(CN3CCC[C@@H]3C3C=CC4=C(C3)OCCO4)nc2)cc1. The summed E-state index contributed by atoms with van der Waals surface area (Å²) in [6, 6.07) is 11.6. The van der Waals surface area contributed by atoms with Crippen molar-refractivity contribution in [1.82, 2.24) is 9.88 Å². The van der Waals surface area contributed by atoms with E-state index in [1.807, 2.05) is 18.3 Å². The van der Waals surface area contributed by atoms with Gasteiger partial charge in [-0.3, -0.25) is 9.88 Å². The van der Waals surface area contributed by atoms with Gasteiger partial charge in [-0.05, 0) is 55.1 Å². The molecule has 6 nitrogen and oxygen atoms in total. The van der Waals surface area contributed by atoms with Crippen molar-refractivity contribution >= 4 is 9.84 Å². The highest BCUT2D eigenvalue weighted by Crippen LogP contribution is 2.35. The molecule has 3 heterocycles. The van der Waals surface area contributed by atoms with Crippen molar-refractivity contribution in [2.75, 3.05) is 26.0 Å².